The second-order valence-corrected chi connectivity index (χ2v) is 10.4. The average molecular weight is 468 g/mol. The lowest BCUT2D eigenvalue weighted by atomic mass is 9.93. The first-order valence-electron chi connectivity index (χ1n) is 11.7. The molecule has 6 heteroatoms. The van der Waals surface area contributed by atoms with E-state index in [4.69, 9.17) is 0 Å². The van der Waals surface area contributed by atoms with Crippen molar-refractivity contribution in [3.05, 3.63) is 123 Å². The molecule has 0 amide bonds. The van der Waals surface area contributed by atoms with Crippen LogP contribution in [0, 0.1) is 10.1 Å². The highest BCUT2D eigenvalue weighted by Gasteiger charge is 2.51. The highest BCUT2D eigenvalue weighted by Crippen LogP contribution is 2.60. The fourth-order valence-electron chi connectivity index (χ4n) is 5.38. The van der Waals surface area contributed by atoms with E-state index in [0.717, 1.165) is 35.5 Å². The van der Waals surface area contributed by atoms with Gasteiger partial charge in [-0.05, 0) is 42.2 Å². The van der Waals surface area contributed by atoms with Crippen LogP contribution in [0.2, 0.25) is 0 Å². The van der Waals surface area contributed by atoms with Crippen LogP contribution in [0.15, 0.2) is 102 Å². The average Bonchev–Trinajstić information content (AvgIpc) is 3.48. The summed E-state index contributed by atoms with van der Waals surface area (Å²) < 4.78 is 0. The van der Waals surface area contributed by atoms with Crippen molar-refractivity contribution in [3.63, 3.8) is 0 Å². The van der Waals surface area contributed by atoms with Gasteiger partial charge >= 0.3 is 0 Å². The predicted molar refractivity (Wildman–Crippen MR) is 138 cm³/mol. The van der Waals surface area contributed by atoms with E-state index in [1.807, 2.05) is 30.0 Å². The molecule has 0 saturated heterocycles. The number of anilines is 1. The van der Waals surface area contributed by atoms with E-state index in [0.29, 0.717) is 0 Å². The van der Waals surface area contributed by atoms with Gasteiger partial charge in [-0.15, -0.1) is 0 Å². The molecule has 0 aromatic heterocycles. The standard InChI is InChI=1S/C28H25N3O2S/c32-31(33)23-15-13-20(14-16-23)24-19-25(21-9-3-1-4-10-21)29-27-26(24)34-28(17-7-8-18-28)30(27)22-11-5-2-6-12-22/h1-6,9-16,19,24,29H,7-8,17-18H2. The number of non-ortho nitro benzene ring substituents is 1. The zero-order chi connectivity index (χ0) is 23.1. The van der Waals surface area contributed by atoms with E-state index in [-0.39, 0.29) is 21.4 Å². The number of nitro benzene ring substituents is 1. The third-order valence-electron chi connectivity index (χ3n) is 6.98. The molecule has 1 N–H and O–H groups in total. The summed E-state index contributed by atoms with van der Waals surface area (Å²) in [7, 11) is 0. The molecule has 2 aliphatic heterocycles. The van der Waals surface area contributed by atoms with Crippen molar-refractivity contribution in [1.82, 2.24) is 5.32 Å². The summed E-state index contributed by atoms with van der Waals surface area (Å²) in [5.74, 6) is 1.17. The van der Waals surface area contributed by atoms with Crippen molar-refractivity contribution >= 4 is 28.8 Å². The smallest absolute Gasteiger partial charge is 0.269 e. The normalized spacial score (nSPS) is 20.8. The Morgan fingerprint density at radius 2 is 1.56 bits per heavy atom. The molecule has 1 aliphatic carbocycles. The fraction of sp³-hybridized carbons (Fsp3) is 0.214. The zero-order valence-electron chi connectivity index (χ0n) is 18.7. The van der Waals surface area contributed by atoms with Gasteiger partial charge in [-0.25, -0.2) is 0 Å². The van der Waals surface area contributed by atoms with Crippen LogP contribution in [-0.4, -0.2) is 9.79 Å². The summed E-state index contributed by atoms with van der Waals surface area (Å²) in [5, 5.41) is 15.0. The molecule has 1 atom stereocenters. The molecule has 1 spiro atoms. The van der Waals surface area contributed by atoms with Gasteiger partial charge in [-0.2, -0.15) is 0 Å². The lowest BCUT2D eigenvalue weighted by molar-refractivity contribution is -0.384. The van der Waals surface area contributed by atoms with E-state index in [1.54, 1.807) is 12.1 Å². The van der Waals surface area contributed by atoms with Gasteiger partial charge < -0.3 is 10.2 Å². The lowest BCUT2D eigenvalue weighted by Gasteiger charge is -2.38. The van der Waals surface area contributed by atoms with Crippen LogP contribution in [-0.2, 0) is 0 Å². The number of allylic oxidation sites excluding steroid dienone is 2. The van der Waals surface area contributed by atoms with Crippen LogP contribution in [0.1, 0.15) is 42.7 Å². The Morgan fingerprint density at radius 3 is 2.21 bits per heavy atom. The number of hydrogen-bond donors (Lipinski definition) is 1. The summed E-state index contributed by atoms with van der Waals surface area (Å²) in [5.41, 5.74) is 4.59. The first-order chi connectivity index (χ1) is 16.6. The molecule has 1 saturated carbocycles. The molecule has 2 heterocycles. The predicted octanol–water partition coefficient (Wildman–Crippen LogP) is 7.02. The van der Waals surface area contributed by atoms with Crippen LogP contribution in [0.3, 0.4) is 0 Å². The molecule has 3 aromatic carbocycles. The first kappa shape index (κ1) is 21.1. The second-order valence-electron chi connectivity index (χ2n) is 9.04. The van der Waals surface area contributed by atoms with E-state index < -0.39 is 0 Å². The minimum absolute atomic E-state index is 0.00196. The van der Waals surface area contributed by atoms with Crippen LogP contribution >= 0.6 is 11.8 Å². The van der Waals surface area contributed by atoms with Gasteiger partial charge in [0.25, 0.3) is 5.69 Å². The number of nitrogens with one attached hydrogen (secondary N) is 1. The number of rotatable bonds is 4. The van der Waals surface area contributed by atoms with E-state index in [2.05, 4.69) is 70.9 Å². The van der Waals surface area contributed by atoms with E-state index in [9.17, 15) is 10.1 Å². The van der Waals surface area contributed by atoms with Crippen molar-refractivity contribution in [3.8, 4) is 0 Å². The highest BCUT2D eigenvalue weighted by atomic mass is 32.2. The summed E-state index contributed by atoms with van der Waals surface area (Å²) in [6, 6.07) is 28.1. The number of dihydropyridines is 1. The van der Waals surface area contributed by atoms with Crippen molar-refractivity contribution in [1.29, 1.82) is 0 Å². The Kier molecular flexibility index (Phi) is 5.18. The summed E-state index contributed by atoms with van der Waals surface area (Å²) >= 11 is 1.98. The first-order valence-corrected chi connectivity index (χ1v) is 12.5. The topological polar surface area (TPSA) is 58.4 Å². The molecule has 1 fully saturated rings. The number of benzene rings is 3. The molecule has 0 radical (unpaired) electrons. The monoisotopic (exact) mass is 467 g/mol. The zero-order valence-corrected chi connectivity index (χ0v) is 19.5. The van der Waals surface area contributed by atoms with Crippen LogP contribution in [0.25, 0.3) is 5.70 Å². The fourth-order valence-corrected chi connectivity index (χ4v) is 7.14. The maximum absolute atomic E-state index is 11.2. The quantitative estimate of drug-likeness (QED) is 0.330. The maximum atomic E-state index is 11.2. The van der Waals surface area contributed by atoms with Crippen molar-refractivity contribution in [2.24, 2.45) is 0 Å². The molecule has 3 aromatic rings. The van der Waals surface area contributed by atoms with E-state index in [1.165, 1.54) is 23.4 Å². The Bertz CT molecular complexity index is 1280. The van der Waals surface area contributed by atoms with Crippen molar-refractivity contribution in [2.45, 2.75) is 36.5 Å². The molecule has 3 aliphatic rings. The number of hydrogen-bond acceptors (Lipinski definition) is 5. The number of para-hydroxylation sites is 1. The molecule has 0 bridgehead atoms. The number of thioether (sulfide) groups is 1. The third-order valence-corrected chi connectivity index (χ3v) is 8.62. The minimum atomic E-state index is -0.336. The van der Waals surface area contributed by atoms with Gasteiger partial charge in [0, 0.05) is 34.3 Å². The van der Waals surface area contributed by atoms with Gasteiger partial charge in [-0.3, -0.25) is 10.1 Å². The van der Waals surface area contributed by atoms with Crippen LogP contribution < -0.4 is 10.2 Å². The lowest BCUT2D eigenvalue weighted by Crippen LogP contribution is -2.43. The summed E-state index contributed by atoms with van der Waals surface area (Å²) in [6.45, 7) is 0. The maximum Gasteiger partial charge on any atom is 0.269 e. The summed E-state index contributed by atoms with van der Waals surface area (Å²) in [4.78, 5) is 14.7. The van der Waals surface area contributed by atoms with Gasteiger partial charge in [0.05, 0.1) is 9.79 Å². The van der Waals surface area contributed by atoms with Gasteiger partial charge in [0.2, 0.25) is 0 Å². The number of nitrogens with zero attached hydrogens (tertiary/aromatic N) is 2. The van der Waals surface area contributed by atoms with Gasteiger partial charge in [-0.1, -0.05) is 85.3 Å². The SMILES string of the molecule is O=[N+]([O-])c1ccc(C2C=C(c3ccccc3)NC3=C2SC2(CCCC2)N3c2ccccc2)cc1. The molecule has 5 nitrogen and oxygen atoms in total. The second kappa shape index (κ2) is 8.37. The van der Waals surface area contributed by atoms with Crippen LogP contribution in [0.4, 0.5) is 11.4 Å². The highest BCUT2D eigenvalue weighted by molar-refractivity contribution is 8.04. The van der Waals surface area contributed by atoms with Gasteiger partial charge in [0.1, 0.15) is 5.82 Å². The Hall–Kier alpha value is -3.51. The van der Waals surface area contributed by atoms with Crippen molar-refractivity contribution < 1.29 is 4.92 Å². The molecule has 34 heavy (non-hydrogen) atoms. The molecular weight excluding hydrogens is 442 g/mol. The largest absolute Gasteiger partial charge is 0.341 e. The summed E-state index contributed by atoms with van der Waals surface area (Å²) in [6.07, 6.45) is 6.99. The minimum Gasteiger partial charge on any atom is -0.341 e. The molecular formula is C28H25N3O2S. The Labute approximate surface area is 203 Å². The Morgan fingerprint density at radius 1 is 0.912 bits per heavy atom. The van der Waals surface area contributed by atoms with Crippen molar-refractivity contribution in [2.75, 3.05) is 4.90 Å². The Balaban J connectivity index is 1.50. The molecule has 170 valence electrons. The third kappa shape index (κ3) is 3.49. The van der Waals surface area contributed by atoms with E-state index >= 15 is 0 Å². The van der Waals surface area contributed by atoms with Crippen LogP contribution in [0.5, 0.6) is 0 Å². The number of nitro groups is 1. The van der Waals surface area contributed by atoms with Gasteiger partial charge in [0.15, 0.2) is 0 Å². The molecule has 6 rings (SSSR count). The molecule has 1 unspecified atom stereocenters.